The van der Waals surface area contributed by atoms with Crippen molar-refractivity contribution in [3.05, 3.63) is 29.8 Å². The van der Waals surface area contributed by atoms with E-state index in [-0.39, 0.29) is 22.8 Å². The smallest absolute Gasteiger partial charge is 0.251 e. The van der Waals surface area contributed by atoms with Gasteiger partial charge in [0.25, 0.3) is 5.91 Å². The molecule has 0 spiro atoms. The molecular weight excluding hydrogens is 302 g/mol. The number of thiocarbonyl (C=S) groups is 1. The quantitative estimate of drug-likeness (QED) is 0.546. The number of nitrogens with one attached hydrogen (secondary N) is 3. The second-order valence-electron chi connectivity index (χ2n) is 4.93. The number of amides is 2. The third-order valence-corrected chi connectivity index (χ3v) is 2.94. The van der Waals surface area contributed by atoms with Gasteiger partial charge in [-0.3, -0.25) is 9.59 Å². The summed E-state index contributed by atoms with van der Waals surface area (Å²) in [5, 5.41) is 8.41. The number of hydrogen-bond donors (Lipinski definition) is 3. The maximum Gasteiger partial charge on any atom is 0.251 e. The minimum Gasteiger partial charge on any atom is -0.383 e. The van der Waals surface area contributed by atoms with E-state index in [2.05, 4.69) is 16.0 Å². The summed E-state index contributed by atoms with van der Waals surface area (Å²) in [6, 6.07) is 6.86. The zero-order valence-electron chi connectivity index (χ0n) is 12.9. The Morgan fingerprint density at radius 3 is 2.68 bits per heavy atom. The summed E-state index contributed by atoms with van der Waals surface area (Å²) in [5.41, 5.74) is 1.13. The SMILES string of the molecule is COCCNC(=O)c1cccc(NC(=S)NC(=O)C(C)C)c1. The molecule has 2 amide bonds. The van der Waals surface area contributed by atoms with Crippen LogP contribution in [0, 0.1) is 5.92 Å². The highest BCUT2D eigenvalue weighted by Crippen LogP contribution is 2.10. The van der Waals surface area contributed by atoms with Gasteiger partial charge in [-0.1, -0.05) is 19.9 Å². The van der Waals surface area contributed by atoms with Gasteiger partial charge in [0.2, 0.25) is 5.91 Å². The van der Waals surface area contributed by atoms with Crippen molar-refractivity contribution >= 4 is 34.8 Å². The van der Waals surface area contributed by atoms with Crippen LogP contribution in [0.25, 0.3) is 0 Å². The summed E-state index contributed by atoms with van der Waals surface area (Å²) >= 11 is 5.07. The number of anilines is 1. The van der Waals surface area contributed by atoms with Crippen LogP contribution in [0.5, 0.6) is 0 Å². The van der Waals surface area contributed by atoms with Crippen LogP contribution >= 0.6 is 12.2 Å². The average molecular weight is 323 g/mol. The molecule has 1 rings (SSSR count). The minimum absolute atomic E-state index is 0.155. The molecule has 0 unspecified atom stereocenters. The first-order valence-corrected chi connectivity index (χ1v) is 7.34. The first kappa shape index (κ1) is 18.1. The molecular formula is C15H21N3O3S. The van der Waals surface area contributed by atoms with Gasteiger partial charge < -0.3 is 20.7 Å². The van der Waals surface area contributed by atoms with E-state index in [1.165, 1.54) is 0 Å². The molecule has 120 valence electrons. The van der Waals surface area contributed by atoms with E-state index in [9.17, 15) is 9.59 Å². The fraction of sp³-hybridized carbons (Fsp3) is 0.400. The highest BCUT2D eigenvalue weighted by atomic mass is 32.1. The molecule has 0 aromatic heterocycles. The molecule has 3 N–H and O–H groups in total. The summed E-state index contributed by atoms with van der Waals surface area (Å²) in [6.07, 6.45) is 0. The third-order valence-electron chi connectivity index (χ3n) is 2.74. The maximum absolute atomic E-state index is 11.9. The van der Waals surface area contributed by atoms with Gasteiger partial charge >= 0.3 is 0 Å². The average Bonchev–Trinajstić information content (AvgIpc) is 2.47. The normalized spacial score (nSPS) is 10.2. The van der Waals surface area contributed by atoms with E-state index in [1.807, 2.05) is 0 Å². The highest BCUT2D eigenvalue weighted by molar-refractivity contribution is 7.80. The fourth-order valence-electron chi connectivity index (χ4n) is 1.53. The van der Waals surface area contributed by atoms with Crippen LogP contribution in [-0.2, 0) is 9.53 Å². The van der Waals surface area contributed by atoms with Crippen molar-refractivity contribution in [3.8, 4) is 0 Å². The van der Waals surface area contributed by atoms with Crippen molar-refractivity contribution in [1.82, 2.24) is 10.6 Å². The first-order valence-electron chi connectivity index (χ1n) is 6.93. The highest BCUT2D eigenvalue weighted by Gasteiger charge is 2.10. The predicted octanol–water partition coefficient (Wildman–Crippen LogP) is 1.53. The van der Waals surface area contributed by atoms with Crippen LogP contribution in [0.15, 0.2) is 24.3 Å². The molecule has 0 atom stereocenters. The summed E-state index contributed by atoms with van der Waals surface area (Å²) in [6.45, 7) is 4.46. The lowest BCUT2D eigenvalue weighted by Crippen LogP contribution is -2.36. The molecule has 0 aliphatic rings. The van der Waals surface area contributed by atoms with Gasteiger partial charge in [0.1, 0.15) is 0 Å². The van der Waals surface area contributed by atoms with E-state index < -0.39 is 0 Å². The lowest BCUT2D eigenvalue weighted by Gasteiger charge is -2.12. The number of carbonyl (C=O) groups excluding carboxylic acids is 2. The number of carbonyl (C=O) groups is 2. The molecule has 0 bridgehead atoms. The van der Waals surface area contributed by atoms with Gasteiger partial charge in [0.15, 0.2) is 5.11 Å². The first-order chi connectivity index (χ1) is 10.4. The molecule has 1 aromatic rings. The molecule has 0 aliphatic heterocycles. The molecule has 0 saturated heterocycles. The molecule has 7 heteroatoms. The Morgan fingerprint density at radius 2 is 2.05 bits per heavy atom. The van der Waals surface area contributed by atoms with Crippen LogP contribution in [-0.4, -0.2) is 37.2 Å². The van der Waals surface area contributed by atoms with Crippen molar-refractivity contribution < 1.29 is 14.3 Å². The van der Waals surface area contributed by atoms with Crippen LogP contribution in [0.1, 0.15) is 24.2 Å². The lowest BCUT2D eigenvalue weighted by atomic mass is 10.2. The number of benzene rings is 1. The van der Waals surface area contributed by atoms with E-state index >= 15 is 0 Å². The number of rotatable bonds is 6. The fourth-order valence-corrected chi connectivity index (χ4v) is 1.74. The van der Waals surface area contributed by atoms with Crippen molar-refractivity contribution in [3.63, 3.8) is 0 Å². The van der Waals surface area contributed by atoms with Gasteiger partial charge in [0.05, 0.1) is 6.61 Å². The summed E-state index contributed by atoms with van der Waals surface area (Å²) in [4.78, 5) is 23.5. The Kier molecular flexibility index (Phi) is 7.48. The van der Waals surface area contributed by atoms with Crippen LogP contribution in [0.2, 0.25) is 0 Å². The second kappa shape index (κ2) is 9.11. The maximum atomic E-state index is 11.9. The van der Waals surface area contributed by atoms with Crippen LogP contribution in [0.3, 0.4) is 0 Å². The van der Waals surface area contributed by atoms with Gasteiger partial charge in [-0.15, -0.1) is 0 Å². The third kappa shape index (κ3) is 6.19. The van der Waals surface area contributed by atoms with Gasteiger partial charge in [0, 0.05) is 30.8 Å². The van der Waals surface area contributed by atoms with E-state index in [1.54, 1.807) is 45.2 Å². The molecule has 0 heterocycles. The molecule has 0 fully saturated rings. The van der Waals surface area contributed by atoms with Crippen molar-refractivity contribution in [2.45, 2.75) is 13.8 Å². The summed E-state index contributed by atoms with van der Waals surface area (Å²) < 4.78 is 4.88. The predicted molar refractivity (Wildman–Crippen MR) is 89.9 cm³/mol. The Morgan fingerprint density at radius 1 is 1.32 bits per heavy atom. The number of methoxy groups -OCH3 is 1. The Bertz CT molecular complexity index is 547. The topological polar surface area (TPSA) is 79.5 Å². The number of ether oxygens (including phenoxy) is 1. The van der Waals surface area contributed by atoms with Gasteiger partial charge in [-0.2, -0.15) is 0 Å². The molecule has 6 nitrogen and oxygen atoms in total. The second-order valence-corrected chi connectivity index (χ2v) is 5.34. The van der Waals surface area contributed by atoms with E-state index in [0.29, 0.717) is 24.4 Å². The van der Waals surface area contributed by atoms with Gasteiger partial charge in [-0.05, 0) is 30.4 Å². The Balaban J connectivity index is 2.62. The Hall–Kier alpha value is -1.99. The molecule has 22 heavy (non-hydrogen) atoms. The molecule has 0 aliphatic carbocycles. The van der Waals surface area contributed by atoms with Crippen LogP contribution < -0.4 is 16.0 Å². The molecule has 0 radical (unpaired) electrons. The Labute approximate surface area is 135 Å². The monoisotopic (exact) mass is 323 g/mol. The lowest BCUT2D eigenvalue weighted by molar-refractivity contribution is -0.122. The summed E-state index contributed by atoms with van der Waals surface area (Å²) in [5.74, 6) is -0.513. The van der Waals surface area contributed by atoms with E-state index in [4.69, 9.17) is 17.0 Å². The molecule has 1 aromatic carbocycles. The van der Waals surface area contributed by atoms with Gasteiger partial charge in [-0.25, -0.2) is 0 Å². The molecule has 0 saturated carbocycles. The van der Waals surface area contributed by atoms with Crippen molar-refractivity contribution in [2.75, 3.05) is 25.6 Å². The zero-order valence-corrected chi connectivity index (χ0v) is 13.8. The van der Waals surface area contributed by atoms with E-state index in [0.717, 1.165) is 0 Å². The minimum atomic E-state index is -0.196. The standard InChI is InChI=1S/C15H21N3O3S/c1-10(2)13(19)18-15(22)17-12-6-4-5-11(9-12)14(20)16-7-8-21-3/h4-6,9-10H,7-8H2,1-3H3,(H,16,20)(H2,17,18,19,22). The van der Waals surface area contributed by atoms with Crippen molar-refractivity contribution in [2.24, 2.45) is 5.92 Å². The number of hydrogen-bond acceptors (Lipinski definition) is 4. The zero-order chi connectivity index (χ0) is 16.5. The largest absolute Gasteiger partial charge is 0.383 e. The van der Waals surface area contributed by atoms with Crippen LogP contribution in [0.4, 0.5) is 5.69 Å². The van der Waals surface area contributed by atoms with Crippen molar-refractivity contribution in [1.29, 1.82) is 0 Å². The summed E-state index contributed by atoms with van der Waals surface area (Å²) in [7, 11) is 1.57.